The fraction of sp³-hybridized carbons (Fsp3) is 0.100. The smallest absolute Gasteiger partial charge is 0.267 e. The van der Waals surface area contributed by atoms with E-state index in [1.807, 2.05) is 72.1 Å². The van der Waals surface area contributed by atoms with Crippen LogP contribution in [-0.2, 0) is 0 Å². The van der Waals surface area contributed by atoms with Gasteiger partial charge in [0, 0.05) is 16.9 Å². The van der Waals surface area contributed by atoms with Gasteiger partial charge in [-0.2, -0.15) is 5.10 Å². The van der Waals surface area contributed by atoms with E-state index in [1.54, 1.807) is 16.3 Å². The van der Waals surface area contributed by atoms with E-state index in [0.717, 1.165) is 22.6 Å². The van der Waals surface area contributed by atoms with E-state index in [1.165, 1.54) is 0 Å². The quantitative estimate of drug-likeness (QED) is 0.682. The number of hydrazone groups is 1. The van der Waals surface area contributed by atoms with Crippen molar-refractivity contribution in [2.45, 2.75) is 12.5 Å². The molecule has 0 fully saturated rings. The molecule has 1 amide bonds. The van der Waals surface area contributed by atoms with Crippen molar-refractivity contribution in [1.29, 1.82) is 0 Å². The summed E-state index contributed by atoms with van der Waals surface area (Å²) in [6, 6.07) is 23.5. The highest BCUT2D eigenvalue weighted by molar-refractivity contribution is 7.10. The number of rotatable bonds is 3. The molecule has 4 rings (SSSR count). The van der Waals surface area contributed by atoms with Gasteiger partial charge in [-0.15, -0.1) is 11.3 Å². The van der Waals surface area contributed by atoms with Crippen molar-refractivity contribution in [2.24, 2.45) is 5.10 Å². The number of carbonyl (C=O) groups excluding carboxylic acids is 1. The maximum Gasteiger partial charge on any atom is 0.274 e. The number of nitrogens with zero attached hydrogens (tertiary/aromatic N) is 2. The van der Waals surface area contributed by atoms with Crippen LogP contribution in [0.15, 0.2) is 83.3 Å². The van der Waals surface area contributed by atoms with Gasteiger partial charge in [-0.25, -0.2) is 5.01 Å². The van der Waals surface area contributed by atoms with Crippen molar-refractivity contribution in [3.63, 3.8) is 0 Å². The first-order valence-electron chi connectivity index (χ1n) is 7.88. The molecule has 1 aromatic heterocycles. The van der Waals surface area contributed by atoms with E-state index in [4.69, 9.17) is 0 Å². The summed E-state index contributed by atoms with van der Waals surface area (Å²) in [4.78, 5) is 14.1. The molecule has 0 spiro atoms. The molecule has 0 bridgehead atoms. The molecule has 1 aliphatic heterocycles. The lowest BCUT2D eigenvalue weighted by Crippen LogP contribution is -2.26. The summed E-state index contributed by atoms with van der Waals surface area (Å²) in [7, 11) is 0. The summed E-state index contributed by atoms with van der Waals surface area (Å²) in [5, 5.41) is 8.36. The first-order valence-corrected chi connectivity index (χ1v) is 8.76. The summed E-state index contributed by atoms with van der Waals surface area (Å²) in [6.07, 6.45) is 0.739. The van der Waals surface area contributed by atoms with Gasteiger partial charge in [0.25, 0.3) is 5.91 Å². The Labute approximate surface area is 144 Å². The molecule has 3 nitrogen and oxygen atoms in total. The Morgan fingerprint density at radius 1 is 0.958 bits per heavy atom. The molecule has 0 radical (unpaired) electrons. The van der Waals surface area contributed by atoms with Gasteiger partial charge in [0.05, 0.1) is 11.8 Å². The highest BCUT2D eigenvalue weighted by atomic mass is 32.1. The number of thiophene rings is 1. The second kappa shape index (κ2) is 6.42. The minimum absolute atomic E-state index is 0.0343. The first kappa shape index (κ1) is 14.8. The molecule has 3 aromatic rings. The van der Waals surface area contributed by atoms with Crippen molar-refractivity contribution in [2.75, 3.05) is 0 Å². The van der Waals surface area contributed by atoms with Crippen LogP contribution in [0.25, 0.3) is 0 Å². The lowest BCUT2D eigenvalue weighted by molar-refractivity contribution is 0.0714. The van der Waals surface area contributed by atoms with Crippen LogP contribution in [0.2, 0.25) is 0 Å². The molecule has 0 unspecified atom stereocenters. The number of benzene rings is 2. The van der Waals surface area contributed by atoms with E-state index in [2.05, 4.69) is 11.2 Å². The van der Waals surface area contributed by atoms with Crippen LogP contribution in [0.1, 0.15) is 33.3 Å². The summed E-state index contributed by atoms with van der Waals surface area (Å²) in [5.41, 5.74) is 2.69. The molecule has 1 aliphatic rings. The zero-order valence-electron chi connectivity index (χ0n) is 13.0. The molecular weight excluding hydrogens is 316 g/mol. The maximum atomic E-state index is 13.0. The molecule has 2 heterocycles. The average Bonchev–Trinajstić information content (AvgIpc) is 3.32. The summed E-state index contributed by atoms with van der Waals surface area (Å²) >= 11 is 1.67. The zero-order valence-corrected chi connectivity index (χ0v) is 13.8. The van der Waals surface area contributed by atoms with E-state index in [9.17, 15) is 4.79 Å². The predicted molar refractivity (Wildman–Crippen MR) is 97.3 cm³/mol. The van der Waals surface area contributed by atoms with Crippen molar-refractivity contribution >= 4 is 23.0 Å². The van der Waals surface area contributed by atoms with Crippen molar-refractivity contribution in [3.8, 4) is 0 Å². The van der Waals surface area contributed by atoms with Crippen LogP contribution in [0.5, 0.6) is 0 Å². The fourth-order valence-corrected chi connectivity index (χ4v) is 3.73. The maximum absolute atomic E-state index is 13.0. The molecule has 0 saturated carbocycles. The predicted octanol–water partition coefficient (Wildman–Crippen LogP) is 4.74. The normalized spacial score (nSPS) is 16.9. The van der Waals surface area contributed by atoms with Crippen molar-refractivity contribution in [3.05, 3.63) is 94.2 Å². The van der Waals surface area contributed by atoms with Crippen LogP contribution in [0.4, 0.5) is 0 Å². The minimum Gasteiger partial charge on any atom is -0.267 e. The fourth-order valence-electron chi connectivity index (χ4n) is 2.92. The summed E-state index contributed by atoms with van der Waals surface area (Å²) in [6.45, 7) is 0. The van der Waals surface area contributed by atoms with E-state index >= 15 is 0 Å². The number of amides is 1. The van der Waals surface area contributed by atoms with Crippen molar-refractivity contribution < 1.29 is 4.79 Å². The second-order valence-electron chi connectivity index (χ2n) is 5.66. The Morgan fingerprint density at radius 3 is 2.33 bits per heavy atom. The van der Waals surface area contributed by atoms with Crippen LogP contribution in [-0.4, -0.2) is 16.6 Å². The standard InChI is InChI=1S/C20H16N2OS/c23-20(16-10-5-2-6-11-16)22-18(19-12-7-13-24-19)14-17(21-22)15-8-3-1-4-9-15/h1-13,18H,14H2/t18-/m1/s1. The highest BCUT2D eigenvalue weighted by Crippen LogP contribution is 2.35. The molecule has 24 heavy (non-hydrogen) atoms. The topological polar surface area (TPSA) is 32.7 Å². The van der Waals surface area contributed by atoms with Gasteiger partial charge in [0.15, 0.2) is 0 Å². The van der Waals surface area contributed by atoms with Gasteiger partial charge >= 0.3 is 0 Å². The lowest BCUT2D eigenvalue weighted by Gasteiger charge is -2.20. The molecule has 1 atom stereocenters. The monoisotopic (exact) mass is 332 g/mol. The average molecular weight is 332 g/mol. The van der Waals surface area contributed by atoms with Gasteiger partial charge in [-0.1, -0.05) is 54.6 Å². The SMILES string of the molecule is O=C(c1ccccc1)N1N=C(c2ccccc2)C[C@@H]1c1cccs1. The third kappa shape index (κ3) is 2.76. The molecule has 0 aliphatic carbocycles. The zero-order chi connectivity index (χ0) is 16.4. The van der Waals surface area contributed by atoms with Gasteiger partial charge in [-0.3, -0.25) is 4.79 Å². The van der Waals surface area contributed by atoms with Gasteiger partial charge in [0.2, 0.25) is 0 Å². The third-order valence-corrected chi connectivity index (χ3v) is 5.09. The number of hydrogen-bond donors (Lipinski definition) is 0. The Balaban J connectivity index is 1.72. The second-order valence-corrected chi connectivity index (χ2v) is 6.64. The summed E-state index contributed by atoms with van der Waals surface area (Å²) < 4.78 is 0. The largest absolute Gasteiger partial charge is 0.274 e. The van der Waals surface area contributed by atoms with E-state index in [0.29, 0.717) is 5.56 Å². The molecule has 0 N–H and O–H groups in total. The van der Waals surface area contributed by atoms with E-state index < -0.39 is 0 Å². The number of hydrogen-bond acceptors (Lipinski definition) is 3. The van der Waals surface area contributed by atoms with Gasteiger partial charge in [-0.05, 0) is 29.1 Å². The number of carbonyl (C=O) groups is 1. The molecular formula is C20H16N2OS. The highest BCUT2D eigenvalue weighted by Gasteiger charge is 2.34. The first-order chi connectivity index (χ1) is 11.8. The van der Waals surface area contributed by atoms with Gasteiger partial charge < -0.3 is 0 Å². The van der Waals surface area contributed by atoms with Crippen LogP contribution in [0.3, 0.4) is 0 Å². The van der Waals surface area contributed by atoms with Crippen LogP contribution >= 0.6 is 11.3 Å². The molecule has 2 aromatic carbocycles. The Bertz CT molecular complexity index is 857. The Kier molecular flexibility index (Phi) is 3.97. The van der Waals surface area contributed by atoms with Crippen LogP contribution in [0, 0.1) is 0 Å². The van der Waals surface area contributed by atoms with Crippen LogP contribution < -0.4 is 0 Å². The molecule has 118 valence electrons. The Hall–Kier alpha value is -2.72. The molecule has 0 saturated heterocycles. The Morgan fingerprint density at radius 2 is 1.67 bits per heavy atom. The molecule has 4 heteroatoms. The summed E-state index contributed by atoms with van der Waals surface area (Å²) in [5.74, 6) is -0.0556. The lowest BCUT2D eigenvalue weighted by atomic mass is 10.0. The minimum atomic E-state index is -0.0556. The van der Waals surface area contributed by atoms with Gasteiger partial charge in [0.1, 0.15) is 0 Å². The third-order valence-electron chi connectivity index (χ3n) is 4.12. The van der Waals surface area contributed by atoms with E-state index in [-0.39, 0.29) is 11.9 Å². The van der Waals surface area contributed by atoms with Crippen molar-refractivity contribution in [1.82, 2.24) is 5.01 Å².